The number of hydrogen-bond donors (Lipinski definition) is 1. The van der Waals surface area contributed by atoms with Gasteiger partial charge in [-0.15, -0.1) is 0 Å². The summed E-state index contributed by atoms with van der Waals surface area (Å²) >= 11 is 5.95. The third-order valence-electron chi connectivity index (χ3n) is 3.43. The first kappa shape index (κ1) is 17.3. The molecule has 5 heteroatoms. The lowest BCUT2D eigenvalue weighted by molar-refractivity contribution is -0.130. The molecule has 2 aromatic rings. The van der Waals surface area contributed by atoms with Crippen LogP contribution in [0.25, 0.3) is 0 Å². The largest absolute Gasteiger partial charge is 0.489 e. The summed E-state index contributed by atoms with van der Waals surface area (Å²) in [6.07, 6.45) is 0.506. The van der Waals surface area contributed by atoms with Crippen LogP contribution in [0.1, 0.15) is 11.1 Å². The minimum Gasteiger partial charge on any atom is -0.489 e. The Labute approximate surface area is 141 Å². The second-order valence-electron chi connectivity index (χ2n) is 5.61. The molecule has 1 atom stereocenters. The Bertz CT molecular complexity index is 656. The molecule has 0 bridgehead atoms. The van der Waals surface area contributed by atoms with E-state index in [0.717, 1.165) is 16.9 Å². The lowest BCUT2D eigenvalue weighted by Crippen LogP contribution is -2.41. The predicted octanol–water partition coefficient (Wildman–Crippen LogP) is 2.88. The van der Waals surface area contributed by atoms with Crippen LogP contribution in [0.2, 0.25) is 5.02 Å². The molecule has 2 rings (SSSR count). The van der Waals surface area contributed by atoms with Crippen LogP contribution in [0.4, 0.5) is 0 Å². The maximum atomic E-state index is 11.8. The number of halogens is 1. The molecule has 0 saturated heterocycles. The summed E-state index contributed by atoms with van der Waals surface area (Å²) in [7, 11) is 3.41. The van der Waals surface area contributed by atoms with Gasteiger partial charge in [-0.25, -0.2) is 0 Å². The molecule has 0 aromatic heterocycles. The number of rotatable bonds is 6. The van der Waals surface area contributed by atoms with Crippen molar-refractivity contribution in [1.29, 1.82) is 0 Å². The Morgan fingerprint density at radius 3 is 2.48 bits per heavy atom. The first-order valence-electron chi connectivity index (χ1n) is 7.38. The zero-order valence-corrected chi connectivity index (χ0v) is 14.1. The fraction of sp³-hybridized carbons (Fsp3) is 0.278. The van der Waals surface area contributed by atoms with E-state index in [-0.39, 0.29) is 5.91 Å². The van der Waals surface area contributed by atoms with Gasteiger partial charge in [-0.2, -0.15) is 0 Å². The van der Waals surface area contributed by atoms with Gasteiger partial charge in [-0.05, 0) is 41.8 Å². The third kappa shape index (κ3) is 5.27. The third-order valence-corrected chi connectivity index (χ3v) is 3.67. The van der Waals surface area contributed by atoms with Crippen molar-refractivity contribution in [2.45, 2.75) is 19.1 Å². The molecule has 0 heterocycles. The van der Waals surface area contributed by atoms with Crippen molar-refractivity contribution < 1.29 is 9.53 Å². The number of ether oxygens (including phenoxy) is 1. The Morgan fingerprint density at radius 1 is 1.17 bits per heavy atom. The van der Waals surface area contributed by atoms with Crippen LogP contribution in [-0.4, -0.2) is 30.9 Å². The van der Waals surface area contributed by atoms with E-state index in [1.807, 2.05) is 48.5 Å². The van der Waals surface area contributed by atoms with Crippen LogP contribution in [0.15, 0.2) is 48.5 Å². The van der Waals surface area contributed by atoms with Gasteiger partial charge < -0.3 is 15.4 Å². The Balaban J connectivity index is 1.90. The predicted molar refractivity (Wildman–Crippen MR) is 92.6 cm³/mol. The second-order valence-corrected chi connectivity index (χ2v) is 6.04. The van der Waals surface area contributed by atoms with E-state index in [9.17, 15) is 4.79 Å². The summed E-state index contributed by atoms with van der Waals surface area (Å²) in [4.78, 5) is 13.3. The molecule has 0 fully saturated rings. The molecule has 23 heavy (non-hydrogen) atoms. The number of carbonyl (C=O) groups excluding carboxylic acids is 1. The first-order valence-corrected chi connectivity index (χ1v) is 7.76. The first-order chi connectivity index (χ1) is 11.0. The summed E-state index contributed by atoms with van der Waals surface area (Å²) in [5.41, 5.74) is 7.92. The minimum atomic E-state index is -0.525. The maximum Gasteiger partial charge on any atom is 0.239 e. The van der Waals surface area contributed by atoms with E-state index in [1.165, 1.54) is 4.90 Å². The molecule has 4 nitrogen and oxygen atoms in total. The van der Waals surface area contributed by atoms with Crippen LogP contribution in [0.5, 0.6) is 5.75 Å². The monoisotopic (exact) mass is 332 g/mol. The second kappa shape index (κ2) is 7.99. The zero-order valence-electron chi connectivity index (χ0n) is 13.3. The number of carbonyl (C=O) groups is 1. The molecule has 0 radical (unpaired) electrons. The average molecular weight is 333 g/mol. The highest BCUT2D eigenvalue weighted by Crippen LogP contribution is 2.17. The molecular formula is C18H21ClN2O2. The van der Waals surface area contributed by atoms with Crippen LogP contribution in [-0.2, 0) is 17.8 Å². The topological polar surface area (TPSA) is 55.6 Å². The van der Waals surface area contributed by atoms with Crippen molar-refractivity contribution in [2.75, 3.05) is 14.1 Å². The maximum absolute atomic E-state index is 11.8. The van der Waals surface area contributed by atoms with Crippen LogP contribution < -0.4 is 10.5 Å². The summed E-state index contributed by atoms with van der Waals surface area (Å²) in [6, 6.07) is 14.7. The Hall–Kier alpha value is -2.04. The molecule has 0 aliphatic carbocycles. The summed E-state index contributed by atoms with van der Waals surface area (Å²) in [6.45, 7) is 0.457. The van der Waals surface area contributed by atoms with Gasteiger partial charge in [0, 0.05) is 19.1 Å². The molecule has 0 aliphatic heterocycles. The van der Waals surface area contributed by atoms with E-state index >= 15 is 0 Å². The molecule has 1 amide bonds. The molecular weight excluding hydrogens is 312 g/mol. The Morgan fingerprint density at radius 2 is 1.87 bits per heavy atom. The van der Waals surface area contributed by atoms with Gasteiger partial charge in [-0.1, -0.05) is 35.9 Å². The Kier molecular flexibility index (Phi) is 6.02. The number of benzene rings is 2. The van der Waals surface area contributed by atoms with Gasteiger partial charge in [-0.3, -0.25) is 4.79 Å². The highest BCUT2D eigenvalue weighted by Gasteiger charge is 2.15. The molecule has 0 spiro atoms. The van der Waals surface area contributed by atoms with Gasteiger partial charge in [0.1, 0.15) is 12.4 Å². The molecule has 2 aromatic carbocycles. The van der Waals surface area contributed by atoms with E-state index in [0.29, 0.717) is 18.1 Å². The van der Waals surface area contributed by atoms with Gasteiger partial charge in [0.2, 0.25) is 5.91 Å². The summed E-state index contributed by atoms with van der Waals surface area (Å²) < 4.78 is 5.73. The normalized spacial score (nSPS) is 11.8. The van der Waals surface area contributed by atoms with Crippen LogP contribution in [0, 0.1) is 0 Å². The smallest absolute Gasteiger partial charge is 0.239 e. The molecule has 122 valence electrons. The van der Waals surface area contributed by atoms with Crippen molar-refractivity contribution in [1.82, 2.24) is 4.90 Å². The van der Waals surface area contributed by atoms with Crippen molar-refractivity contribution in [3.8, 4) is 5.75 Å². The lowest BCUT2D eigenvalue weighted by atomic mass is 10.1. The van der Waals surface area contributed by atoms with E-state index in [1.54, 1.807) is 14.1 Å². The highest BCUT2D eigenvalue weighted by atomic mass is 35.5. The van der Waals surface area contributed by atoms with Crippen LogP contribution >= 0.6 is 11.6 Å². The molecule has 1 unspecified atom stereocenters. The van der Waals surface area contributed by atoms with E-state index in [2.05, 4.69) is 0 Å². The summed E-state index contributed by atoms with van der Waals surface area (Å²) in [5, 5.41) is 0.695. The number of likely N-dealkylation sites (N-methyl/N-ethyl adjacent to an activating group) is 1. The zero-order chi connectivity index (χ0) is 16.8. The molecule has 0 aliphatic rings. The van der Waals surface area contributed by atoms with Gasteiger partial charge >= 0.3 is 0 Å². The van der Waals surface area contributed by atoms with Gasteiger partial charge in [0.15, 0.2) is 0 Å². The van der Waals surface area contributed by atoms with Crippen molar-refractivity contribution in [3.05, 3.63) is 64.7 Å². The van der Waals surface area contributed by atoms with Gasteiger partial charge in [0.25, 0.3) is 0 Å². The minimum absolute atomic E-state index is 0.0775. The van der Waals surface area contributed by atoms with E-state index < -0.39 is 6.04 Å². The number of nitrogens with two attached hydrogens (primary N) is 1. The number of amides is 1. The van der Waals surface area contributed by atoms with Crippen molar-refractivity contribution >= 4 is 17.5 Å². The number of hydrogen-bond acceptors (Lipinski definition) is 3. The van der Waals surface area contributed by atoms with Crippen LogP contribution in [0.3, 0.4) is 0 Å². The van der Waals surface area contributed by atoms with E-state index in [4.69, 9.17) is 22.1 Å². The molecule has 2 N–H and O–H groups in total. The van der Waals surface area contributed by atoms with Gasteiger partial charge in [0.05, 0.1) is 6.04 Å². The fourth-order valence-corrected chi connectivity index (χ4v) is 2.40. The fourth-order valence-electron chi connectivity index (χ4n) is 2.19. The van der Waals surface area contributed by atoms with Crippen molar-refractivity contribution in [2.24, 2.45) is 5.73 Å². The molecule has 0 saturated carbocycles. The highest BCUT2D eigenvalue weighted by molar-refractivity contribution is 6.30. The quantitative estimate of drug-likeness (QED) is 0.885. The summed E-state index contributed by atoms with van der Waals surface area (Å²) in [5.74, 6) is 0.688. The standard InChI is InChI=1S/C18H21ClN2O2/c1-21(2)18(22)17(20)11-13-6-8-16(9-7-13)23-12-14-4-3-5-15(19)10-14/h3-10,17H,11-12,20H2,1-2H3. The number of nitrogens with zero attached hydrogens (tertiary/aromatic N) is 1. The average Bonchev–Trinajstić information content (AvgIpc) is 2.53. The lowest BCUT2D eigenvalue weighted by Gasteiger charge is -2.16. The SMILES string of the molecule is CN(C)C(=O)C(N)Cc1ccc(OCc2cccc(Cl)c2)cc1. The van der Waals surface area contributed by atoms with Crippen molar-refractivity contribution in [3.63, 3.8) is 0 Å².